The molecule has 0 fully saturated rings. The molecule has 1 unspecified atom stereocenters. The Morgan fingerprint density at radius 1 is 1.08 bits per heavy atom. The maximum Gasteiger partial charge on any atom is 0.325 e. The van der Waals surface area contributed by atoms with E-state index in [2.05, 4.69) is 4.98 Å². The minimum Gasteiger partial charge on any atom is -0.427 e. The van der Waals surface area contributed by atoms with Crippen LogP contribution in [-0.2, 0) is 14.4 Å². The molecule has 1 N–H and O–H groups in total. The van der Waals surface area contributed by atoms with Gasteiger partial charge in [-0.15, -0.1) is 0 Å². The largest absolute Gasteiger partial charge is 0.427 e. The van der Waals surface area contributed by atoms with Crippen LogP contribution >= 0.6 is 11.8 Å². The Hall–Kier alpha value is -3.99. The van der Waals surface area contributed by atoms with Crippen LogP contribution in [0.2, 0.25) is 0 Å². The van der Waals surface area contributed by atoms with Gasteiger partial charge in [0.1, 0.15) is 11.5 Å². The molecule has 11 heteroatoms. The zero-order chi connectivity index (χ0) is 26.0. The second-order valence-electron chi connectivity index (χ2n) is 8.07. The summed E-state index contributed by atoms with van der Waals surface area (Å²) in [7, 11) is 0. The summed E-state index contributed by atoms with van der Waals surface area (Å²) in [5.41, 5.74) is 1.31. The van der Waals surface area contributed by atoms with Gasteiger partial charge in [0.2, 0.25) is 11.1 Å². The lowest BCUT2D eigenvalue weighted by Gasteiger charge is -2.31. The zero-order valence-electron chi connectivity index (χ0n) is 20.2. The van der Waals surface area contributed by atoms with Gasteiger partial charge in [0.05, 0.1) is 16.8 Å². The van der Waals surface area contributed by atoms with Crippen LogP contribution in [-0.4, -0.2) is 33.7 Å². The number of thioether (sulfide) groups is 1. The lowest BCUT2D eigenvalue weighted by atomic mass is 10.0. The van der Waals surface area contributed by atoms with E-state index >= 15 is 0 Å². The molecule has 1 atom stereocenters. The minimum absolute atomic E-state index is 0.0696. The number of H-pyrrole nitrogens is 1. The number of nitrogens with zero attached hydrogens (tertiary/aromatic N) is 3. The molecule has 2 aromatic carbocycles. The van der Waals surface area contributed by atoms with Crippen LogP contribution in [0, 0.1) is 0 Å². The van der Waals surface area contributed by atoms with E-state index in [0.29, 0.717) is 22.0 Å². The van der Waals surface area contributed by atoms with E-state index < -0.39 is 18.1 Å². The fraction of sp³-hybridized carbons (Fsp3) is 0.280. The predicted octanol–water partition coefficient (Wildman–Crippen LogP) is 2.99. The second-order valence-corrected chi connectivity index (χ2v) is 9.15. The van der Waals surface area contributed by atoms with Crippen molar-refractivity contribution in [3.63, 3.8) is 0 Å². The summed E-state index contributed by atoms with van der Waals surface area (Å²) in [6.45, 7) is 5.93. The summed E-state index contributed by atoms with van der Waals surface area (Å²) in [5, 5.41) is 5.09. The van der Waals surface area contributed by atoms with Crippen molar-refractivity contribution >= 4 is 35.3 Å². The molecule has 0 bridgehead atoms. The van der Waals surface area contributed by atoms with Crippen molar-refractivity contribution in [1.82, 2.24) is 10.1 Å². The monoisotopic (exact) mass is 509 g/mol. The number of aromatic amines is 1. The fourth-order valence-electron chi connectivity index (χ4n) is 4.06. The van der Waals surface area contributed by atoms with Crippen LogP contribution in [0.1, 0.15) is 45.8 Å². The summed E-state index contributed by atoms with van der Waals surface area (Å²) >= 11 is 1.39. The molecule has 3 aromatic rings. The Balaban J connectivity index is 2.02. The van der Waals surface area contributed by atoms with Crippen molar-refractivity contribution in [2.24, 2.45) is 0 Å². The van der Waals surface area contributed by atoms with Crippen molar-refractivity contribution in [3.05, 3.63) is 58.4 Å². The Morgan fingerprint density at radius 2 is 1.81 bits per heavy atom. The number of benzene rings is 2. The lowest BCUT2D eigenvalue weighted by molar-refractivity contribution is -0.763. The number of fused-ring (bicyclic) bond motifs is 3. The number of rotatable bonds is 6. The van der Waals surface area contributed by atoms with Crippen LogP contribution in [0.15, 0.2) is 52.4 Å². The first-order chi connectivity index (χ1) is 17.2. The van der Waals surface area contributed by atoms with Crippen molar-refractivity contribution < 1.29 is 28.5 Å². The number of anilines is 1. The van der Waals surface area contributed by atoms with Gasteiger partial charge in [-0.05, 0) is 35.4 Å². The number of nitrogens with one attached hydrogen (secondary N) is 1. The molecular formula is C25H25N4O6S+. The Morgan fingerprint density at radius 3 is 2.47 bits per heavy atom. The number of amides is 1. The van der Waals surface area contributed by atoms with Crippen molar-refractivity contribution in [2.75, 3.05) is 10.7 Å². The third kappa shape index (κ3) is 4.87. The summed E-state index contributed by atoms with van der Waals surface area (Å²) in [6.07, 6.45) is -0.0905. The highest BCUT2D eigenvalue weighted by molar-refractivity contribution is 7.99. The minimum atomic E-state index is -0.962. The first-order valence-electron chi connectivity index (χ1n) is 11.3. The second kappa shape index (κ2) is 10.3. The molecule has 4 rings (SSSR count). The normalized spacial score (nSPS) is 14.0. The Bertz CT molecular complexity index is 1420. The van der Waals surface area contributed by atoms with Gasteiger partial charge in [-0.2, -0.15) is 0 Å². The number of hydrogen-bond acceptors (Lipinski definition) is 8. The number of ether oxygens (including phenoxy) is 2. The summed E-state index contributed by atoms with van der Waals surface area (Å²) in [5.74, 6) is -0.496. The molecule has 36 heavy (non-hydrogen) atoms. The molecule has 1 amide bonds. The van der Waals surface area contributed by atoms with Gasteiger partial charge in [0.25, 0.3) is 6.17 Å². The molecule has 0 aliphatic carbocycles. The Labute approximate surface area is 211 Å². The smallest absolute Gasteiger partial charge is 0.325 e. The van der Waals surface area contributed by atoms with Gasteiger partial charge in [0, 0.05) is 37.7 Å². The Kier molecular flexibility index (Phi) is 7.20. The number of hydrogen-bond donors (Lipinski definition) is 1. The SMILES string of the molecule is CCCSc1n[n+]2c(c(=O)[nH]1)-c1ccccc1N(C(C)=O)C2c1ccc(OC(C)=O)cc1OC(C)=O. The van der Waals surface area contributed by atoms with Gasteiger partial charge in [0.15, 0.2) is 0 Å². The molecule has 0 radical (unpaired) electrons. The highest BCUT2D eigenvalue weighted by Gasteiger charge is 2.46. The number of aromatic nitrogens is 3. The van der Waals surface area contributed by atoms with E-state index in [1.54, 1.807) is 30.3 Å². The predicted molar refractivity (Wildman–Crippen MR) is 132 cm³/mol. The van der Waals surface area contributed by atoms with Crippen molar-refractivity contribution in [2.45, 2.75) is 45.4 Å². The fourth-order valence-corrected chi connectivity index (χ4v) is 4.77. The average Bonchev–Trinajstić information content (AvgIpc) is 2.81. The van der Waals surface area contributed by atoms with E-state index in [1.165, 1.54) is 54.2 Å². The number of para-hydroxylation sites is 1. The van der Waals surface area contributed by atoms with Crippen molar-refractivity contribution in [3.8, 4) is 22.8 Å². The van der Waals surface area contributed by atoms with E-state index in [4.69, 9.17) is 14.6 Å². The molecule has 186 valence electrons. The molecule has 1 aliphatic heterocycles. The molecule has 0 spiro atoms. The zero-order valence-corrected chi connectivity index (χ0v) is 21.0. The molecule has 1 aliphatic rings. The van der Waals surface area contributed by atoms with E-state index in [9.17, 15) is 19.2 Å². The number of esters is 2. The van der Waals surface area contributed by atoms with Crippen LogP contribution in [0.4, 0.5) is 5.69 Å². The molecule has 1 aromatic heterocycles. The van der Waals surface area contributed by atoms with Crippen LogP contribution in [0.5, 0.6) is 11.5 Å². The third-order valence-electron chi connectivity index (χ3n) is 5.32. The summed E-state index contributed by atoms with van der Waals surface area (Å²) in [6, 6.07) is 11.6. The van der Waals surface area contributed by atoms with E-state index in [0.717, 1.165) is 12.2 Å². The average molecular weight is 510 g/mol. The maximum absolute atomic E-state index is 13.3. The van der Waals surface area contributed by atoms with Crippen LogP contribution < -0.4 is 24.6 Å². The topological polar surface area (TPSA) is 123 Å². The summed E-state index contributed by atoms with van der Waals surface area (Å²) < 4.78 is 12.1. The molecule has 0 saturated heterocycles. The molecular weight excluding hydrogens is 484 g/mol. The molecule has 10 nitrogen and oxygen atoms in total. The van der Waals surface area contributed by atoms with Gasteiger partial charge in [-0.1, -0.05) is 30.8 Å². The van der Waals surface area contributed by atoms with Gasteiger partial charge < -0.3 is 9.47 Å². The van der Waals surface area contributed by atoms with Gasteiger partial charge in [-0.3, -0.25) is 24.2 Å². The summed E-state index contributed by atoms with van der Waals surface area (Å²) in [4.78, 5) is 54.2. The van der Waals surface area contributed by atoms with Gasteiger partial charge in [-0.25, -0.2) is 4.90 Å². The quantitative estimate of drug-likeness (QED) is 0.233. The first kappa shape index (κ1) is 25.1. The van der Waals surface area contributed by atoms with Gasteiger partial charge >= 0.3 is 23.2 Å². The molecule has 0 saturated carbocycles. The van der Waals surface area contributed by atoms with E-state index in [1.807, 2.05) is 6.92 Å². The van der Waals surface area contributed by atoms with Crippen LogP contribution in [0.25, 0.3) is 11.3 Å². The standard InChI is InChI=1S/C25H24N4O6S/c1-5-12-36-25-26-23(33)22-18-8-6-7-9-20(18)28(14(2)30)24(29(22)27-25)19-11-10-17(34-15(3)31)13-21(19)35-16(4)32/h6-11,13,24H,5,12H2,1-4H3/p+1. The number of carbonyl (C=O) groups is 3. The first-order valence-corrected chi connectivity index (χ1v) is 12.3. The highest BCUT2D eigenvalue weighted by atomic mass is 32.2. The lowest BCUT2D eigenvalue weighted by Crippen LogP contribution is -2.60. The third-order valence-corrected chi connectivity index (χ3v) is 6.39. The van der Waals surface area contributed by atoms with Crippen LogP contribution in [0.3, 0.4) is 0 Å². The number of carbonyl (C=O) groups excluding carboxylic acids is 3. The van der Waals surface area contributed by atoms with Crippen molar-refractivity contribution in [1.29, 1.82) is 0 Å². The molecule has 2 heterocycles. The maximum atomic E-state index is 13.3. The highest BCUT2D eigenvalue weighted by Crippen LogP contribution is 2.40. The van der Waals surface area contributed by atoms with E-state index in [-0.39, 0.29) is 28.7 Å².